The summed E-state index contributed by atoms with van der Waals surface area (Å²) in [5, 5.41) is 0. The van der Waals surface area contributed by atoms with Gasteiger partial charge in [-0.1, -0.05) is 71.3 Å². The average molecular weight is 701 g/mol. The van der Waals surface area contributed by atoms with Crippen LogP contribution in [0.25, 0.3) is 0 Å². The Kier molecular flexibility index (Phi) is 9.02. The second-order valence-corrected chi connectivity index (χ2v) is 11.6. The Labute approximate surface area is 263 Å². The van der Waals surface area contributed by atoms with Crippen molar-refractivity contribution in [3.8, 4) is 0 Å². The molecule has 0 bridgehead atoms. The topological polar surface area (TPSA) is 0 Å². The van der Waals surface area contributed by atoms with Gasteiger partial charge in [-0.05, 0) is 39.0 Å². The molecule has 4 aromatic rings. The summed E-state index contributed by atoms with van der Waals surface area (Å²) in [5.74, 6) is 0. The molecule has 0 unspecified atom stereocenters. The van der Waals surface area contributed by atoms with Crippen molar-refractivity contribution in [1.29, 1.82) is 0 Å². The molecule has 0 amide bonds. The fourth-order valence-corrected chi connectivity index (χ4v) is 6.10. The standard InChI is InChI=1S/C32H21BF15/c1-16-4-17(2)7-24(6-16)33(25-8-18(3)5-19(11-25)28(34,35)36,26-12-20(29(37,38)39)9-21(13-26)30(40,41)42)27-14-22(31(43,44)45)10-23(15-27)32(46,47)48/h4-15H,1-3H3/q-1. The van der Waals surface area contributed by atoms with Crippen LogP contribution in [0, 0.1) is 20.8 Å². The zero-order chi connectivity index (χ0) is 36.4. The van der Waals surface area contributed by atoms with Gasteiger partial charge in [-0.15, -0.1) is 0 Å². The average Bonchev–Trinajstić information content (AvgIpc) is 2.90. The first kappa shape index (κ1) is 36.7. The van der Waals surface area contributed by atoms with Gasteiger partial charge in [0.2, 0.25) is 0 Å². The summed E-state index contributed by atoms with van der Waals surface area (Å²) in [4.78, 5) is 0. The summed E-state index contributed by atoms with van der Waals surface area (Å²) in [6, 6.07) is 5.17. The molecule has 0 aliphatic heterocycles. The lowest BCUT2D eigenvalue weighted by atomic mass is 9.12. The van der Waals surface area contributed by atoms with Crippen molar-refractivity contribution in [2.45, 2.75) is 51.7 Å². The summed E-state index contributed by atoms with van der Waals surface area (Å²) in [6.45, 7) is 3.81. The van der Waals surface area contributed by atoms with E-state index in [-0.39, 0.29) is 53.1 Å². The van der Waals surface area contributed by atoms with E-state index in [1.54, 1.807) is 0 Å². The molecule has 0 aliphatic carbocycles. The van der Waals surface area contributed by atoms with Gasteiger partial charge in [-0.2, -0.15) is 87.7 Å². The second kappa shape index (κ2) is 11.8. The normalized spacial score (nSPS) is 13.6. The number of benzene rings is 4. The van der Waals surface area contributed by atoms with Crippen molar-refractivity contribution in [1.82, 2.24) is 0 Å². The first-order chi connectivity index (χ1) is 21.6. The highest BCUT2D eigenvalue weighted by Crippen LogP contribution is 2.38. The third kappa shape index (κ3) is 7.31. The van der Waals surface area contributed by atoms with Crippen molar-refractivity contribution >= 4 is 28.0 Å². The molecule has 0 N–H and O–H groups in total. The van der Waals surface area contributed by atoms with Crippen LogP contribution in [0.4, 0.5) is 65.9 Å². The Morgan fingerprint density at radius 2 is 0.500 bits per heavy atom. The Bertz CT molecular complexity index is 1680. The minimum Gasteiger partial charge on any atom is -0.195 e. The van der Waals surface area contributed by atoms with Crippen LogP contribution in [0.15, 0.2) is 72.8 Å². The van der Waals surface area contributed by atoms with E-state index in [1.165, 1.54) is 19.9 Å². The van der Waals surface area contributed by atoms with Crippen LogP contribution in [0.3, 0.4) is 0 Å². The monoisotopic (exact) mass is 701 g/mol. The minimum absolute atomic E-state index is 0.107. The Hall–Kier alpha value is -4.11. The van der Waals surface area contributed by atoms with Crippen molar-refractivity contribution in [3.63, 3.8) is 0 Å². The van der Waals surface area contributed by atoms with E-state index in [0.29, 0.717) is 12.1 Å². The maximum atomic E-state index is 14.2. The van der Waals surface area contributed by atoms with Gasteiger partial charge in [-0.3, -0.25) is 0 Å². The highest BCUT2D eigenvalue weighted by Gasteiger charge is 2.44. The molecule has 0 atom stereocenters. The summed E-state index contributed by atoms with van der Waals surface area (Å²) in [5.41, 5.74) is -12.8. The fraction of sp³-hybridized carbons (Fsp3) is 0.250. The van der Waals surface area contributed by atoms with E-state index >= 15 is 0 Å². The van der Waals surface area contributed by atoms with Crippen LogP contribution in [0.1, 0.15) is 44.5 Å². The predicted octanol–water partition coefficient (Wildman–Crippen LogP) is 9.08. The van der Waals surface area contributed by atoms with Gasteiger partial charge in [0.1, 0.15) is 6.15 Å². The van der Waals surface area contributed by atoms with E-state index < -0.39 is 86.7 Å². The molecule has 4 aromatic carbocycles. The molecule has 258 valence electrons. The maximum absolute atomic E-state index is 14.2. The van der Waals surface area contributed by atoms with E-state index in [1.807, 2.05) is 0 Å². The van der Waals surface area contributed by atoms with Crippen LogP contribution < -0.4 is 21.9 Å². The van der Waals surface area contributed by atoms with E-state index in [9.17, 15) is 65.9 Å². The third-order valence-electron chi connectivity index (χ3n) is 7.89. The quantitative estimate of drug-likeness (QED) is 0.147. The largest absolute Gasteiger partial charge is 0.416 e. The van der Waals surface area contributed by atoms with Crippen molar-refractivity contribution in [3.05, 3.63) is 117 Å². The van der Waals surface area contributed by atoms with Gasteiger partial charge in [0.25, 0.3) is 0 Å². The SMILES string of the molecule is Cc1cc(C)cc([B-](c2cc(C)cc(C(F)(F)F)c2)(c2cc(C(F)(F)F)cc(C(F)(F)F)c2)c2cc(C(F)(F)F)cc(C(F)(F)F)c2)c1. The molecule has 0 saturated carbocycles. The number of aryl methyl sites for hydroxylation is 3. The van der Waals surface area contributed by atoms with Gasteiger partial charge in [-0.25, -0.2) is 0 Å². The second-order valence-electron chi connectivity index (χ2n) is 11.6. The summed E-state index contributed by atoms with van der Waals surface area (Å²) in [7, 11) is 0. The maximum Gasteiger partial charge on any atom is 0.416 e. The molecule has 0 radical (unpaired) electrons. The number of hydrogen-bond donors (Lipinski definition) is 0. The summed E-state index contributed by atoms with van der Waals surface area (Å²) >= 11 is 0. The predicted molar refractivity (Wildman–Crippen MR) is 149 cm³/mol. The molecular formula is C32H21BF15-. The molecule has 0 heterocycles. The van der Waals surface area contributed by atoms with Crippen molar-refractivity contribution in [2.75, 3.05) is 0 Å². The summed E-state index contributed by atoms with van der Waals surface area (Å²) in [6.07, 6.45) is -31.5. The smallest absolute Gasteiger partial charge is 0.195 e. The van der Waals surface area contributed by atoms with Crippen LogP contribution in [-0.2, 0) is 30.9 Å². The number of alkyl halides is 15. The van der Waals surface area contributed by atoms with Crippen molar-refractivity contribution < 1.29 is 65.9 Å². The molecule has 0 saturated heterocycles. The van der Waals surface area contributed by atoms with E-state index in [0.717, 1.165) is 25.1 Å². The van der Waals surface area contributed by atoms with Crippen molar-refractivity contribution in [2.24, 2.45) is 0 Å². The van der Waals surface area contributed by atoms with Gasteiger partial charge in [0, 0.05) is 0 Å². The first-order valence-corrected chi connectivity index (χ1v) is 13.7. The van der Waals surface area contributed by atoms with Crippen LogP contribution in [0.2, 0.25) is 0 Å². The highest BCUT2D eigenvalue weighted by molar-refractivity contribution is 7.20. The van der Waals surface area contributed by atoms with Gasteiger partial charge >= 0.3 is 30.9 Å². The molecule has 4 rings (SSSR count). The highest BCUT2D eigenvalue weighted by atomic mass is 19.4. The van der Waals surface area contributed by atoms with Crippen LogP contribution in [-0.4, -0.2) is 6.15 Å². The lowest BCUT2D eigenvalue weighted by Gasteiger charge is -2.46. The number of rotatable bonds is 4. The van der Waals surface area contributed by atoms with Gasteiger partial charge in [0.05, 0.1) is 27.8 Å². The fourth-order valence-electron chi connectivity index (χ4n) is 6.10. The van der Waals surface area contributed by atoms with Gasteiger partial charge in [0.15, 0.2) is 0 Å². The van der Waals surface area contributed by atoms with Crippen LogP contribution >= 0.6 is 0 Å². The number of halogens is 15. The molecule has 0 nitrogen and oxygen atoms in total. The molecule has 0 spiro atoms. The lowest BCUT2D eigenvalue weighted by molar-refractivity contribution is -0.144. The van der Waals surface area contributed by atoms with Gasteiger partial charge < -0.3 is 0 Å². The zero-order valence-electron chi connectivity index (χ0n) is 24.7. The van der Waals surface area contributed by atoms with E-state index in [4.69, 9.17) is 0 Å². The summed E-state index contributed by atoms with van der Waals surface area (Å²) < 4.78 is 213. The lowest BCUT2D eigenvalue weighted by Crippen LogP contribution is -2.75. The molecule has 0 aliphatic rings. The van der Waals surface area contributed by atoms with Crippen LogP contribution in [0.5, 0.6) is 0 Å². The minimum atomic E-state index is -5.55. The third-order valence-corrected chi connectivity index (χ3v) is 7.89. The Balaban J connectivity index is 2.46. The Morgan fingerprint density at radius 1 is 0.292 bits per heavy atom. The van der Waals surface area contributed by atoms with E-state index in [2.05, 4.69) is 0 Å². The number of hydrogen-bond acceptors (Lipinski definition) is 0. The first-order valence-electron chi connectivity index (χ1n) is 13.7. The molecule has 0 fully saturated rings. The molecular weight excluding hydrogens is 680 g/mol. The molecule has 16 heteroatoms. The zero-order valence-corrected chi connectivity index (χ0v) is 24.7. The molecule has 48 heavy (non-hydrogen) atoms. The Morgan fingerprint density at radius 3 is 0.771 bits per heavy atom. The molecule has 0 aromatic heterocycles.